The van der Waals surface area contributed by atoms with Crippen molar-refractivity contribution in [1.82, 2.24) is 0 Å². The van der Waals surface area contributed by atoms with Crippen LogP contribution >= 0.6 is 15.9 Å². The van der Waals surface area contributed by atoms with Gasteiger partial charge in [-0.15, -0.1) is 0 Å². The van der Waals surface area contributed by atoms with Crippen LogP contribution in [0.2, 0.25) is 0 Å². The second-order valence-electron chi connectivity index (χ2n) is 4.74. The molecule has 0 aliphatic rings. The molecule has 0 saturated carbocycles. The summed E-state index contributed by atoms with van der Waals surface area (Å²) in [6.07, 6.45) is 1.17. The maximum Gasteiger partial charge on any atom is 0.0146 e. The number of benzene rings is 1. The van der Waals surface area contributed by atoms with Gasteiger partial charge in [0.05, 0.1) is 0 Å². The van der Waals surface area contributed by atoms with E-state index in [2.05, 4.69) is 62.7 Å². The Bertz CT molecular complexity index is 316. The van der Waals surface area contributed by atoms with Crippen molar-refractivity contribution in [1.29, 1.82) is 0 Å². The zero-order chi connectivity index (χ0) is 11.6. The molecule has 0 aliphatic heterocycles. The maximum absolute atomic E-state index is 3.66. The van der Waals surface area contributed by atoms with Crippen LogP contribution in [-0.2, 0) is 6.42 Å². The van der Waals surface area contributed by atoms with E-state index in [-0.39, 0.29) is 0 Å². The molecule has 0 amide bonds. The second kappa shape index (κ2) is 5.16. The Morgan fingerprint density at radius 1 is 1.07 bits per heavy atom. The summed E-state index contributed by atoms with van der Waals surface area (Å²) in [5.41, 5.74) is 5.77. The third kappa shape index (κ3) is 3.34. The molecule has 0 radical (unpaired) electrons. The van der Waals surface area contributed by atoms with E-state index in [4.69, 9.17) is 0 Å². The van der Waals surface area contributed by atoms with Gasteiger partial charge in [-0.05, 0) is 49.8 Å². The summed E-state index contributed by atoms with van der Waals surface area (Å²) in [7, 11) is 0. The van der Waals surface area contributed by atoms with Crippen molar-refractivity contribution < 1.29 is 0 Å². The van der Waals surface area contributed by atoms with Gasteiger partial charge in [0.1, 0.15) is 0 Å². The predicted molar refractivity (Wildman–Crippen MR) is 71.9 cm³/mol. The Morgan fingerprint density at radius 2 is 1.53 bits per heavy atom. The van der Waals surface area contributed by atoms with Crippen molar-refractivity contribution in [2.75, 3.05) is 0 Å². The fraction of sp³-hybridized carbons (Fsp3) is 0.571. The van der Waals surface area contributed by atoms with Gasteiger partial charge < -0.3 is 0 Å². The summed E-state index contributed by atoms with van der Waals surface area (Å²) in [4.78, 5) is 0.581. The second-order valence-corrected chi connectivity index (χ2v) is 6.18. The molecule has 0 aromatic heterocycles. The van der Waals surface area contributed by atoms with E-state index in [0.29, 0.717) is 10.7 Å². The Morgan fingerprint density at radius 3 is 1.93 bits per heavy atom. The molecule has 1 heteroatoms. The molecule has 84 valence electrons. The largest absolute Gasteiger partial charge is 0.0891 e. The molecule has 15 heavy (non-hydrogen) atoms. The minimum Gasteiger partial charge on any atom is -0.0891 e. The SMILES string of the molecule is Cc1cc(C)c(CC(C)C(C)Br)c(C)c1. The highest BCUT2D eigenvalue weighted by molar-refractivity contribution is 9.09. The van der Waals surface area contributed by atoms with Gasteiger partial charge in [-0.1, -0.05) is 47.5 Å². The lowest BCUT2D eigenvalue weighted by Crippen LogP contribution is -2.11. The first-order chi connectivity index (χ1) is 6.91. The van der Waals surface area contributed by atoms with Crippen molar-refractivity contribution in [3.63, 3.8) is 0 Å². The van der Waals surface area contributed by atoms with Gasteiger partial charge in [-0.25, -0.2) is 0 Å². The molecule has 0 heterocycles. The van der Waals surface area contributed by atoms with Crippen molar-refractivity contribution in [2.45, 2.75) is 45.9 Å². The molecule has 0 fully saturated rings. The van der Waals surface area contributed by atoms with Gasteiger partial charge in [0, 0.05) is 4.83 Å². The summed E-state index contributed by atoms with van der Waals surface area (Å²) in [6, 6.07) is 4.57. The molecule has 0 N–H and O–H groups in total. The van der Waals surface area contributed by atoms with E-state index in [9.17, 15) is 0 Å². The van der Waals surface area contributed by atoms with Gasteiger partial charge in [0.15, 0.2) is 0 Å². The van der Waals surface area contributed by atoms with E-state index in [1.807, 2.05) is 0 Å². The highest BCUT2D eigenvalue weighted by Crippen LogP contribution is 2.23. The first-order valence-corrected chi connectivity index (χ1v) is 6.54. The van der Waals surface area contributed by atoms with Crippen LogP contribution in [0, 0.1) is 26.7 Å². The molecule has 2 atom stereocenters. The molecule has 0 nitrogen and oxygen atoms in total. The minimum atomic E-state index is 0.581. The van der Waals surface area contributed by atoms with E-state index in [1.54, 1.807) is 0 Å². The van der Waals surface area contributed by atoms with Gasteiger partial charge in [-0.3, -0.25) is 0 Å². The summed E-state index contributed by atoms with van der Waals surface area (Å²) < 4.78 is 0. The summed E-state index contributed by atoms with van der Waals surface area (Å²) in [6.45, 7) is 11.1. The average molecular weight is 269 g/mol. The third-order valence-electron chi connectivity index (χ3n) is 3.15. The molecule has 2 unspecified atom stereocenters. The lowest BCUT2D eigenvalue weighted by Gasteiger charge is -2.18. The predicted octanol–water partition coefficient (Wildman–Crippen LogP) is 4.57. The number of hydrogen-bond donors (Lipinski definition) is 0. The summed E-state index contributed by atoms with van der Waals surface area (Å²) in [5.74, 6) is 0.685. The van der Waals surface area contributed by atoms with Crippen LogP contribution in [0.4, 0.5) is 0 Å². The maximum atomic E-state index is 3.66. The topological polar surface area (TPSA) is 0 Å². The van der Waals surface area contributed by atoms with Crippen LogP contribution in [0.5, 0.6) is 0 Å². The molecule has 0 bridgehead atoms. The van der Waals surface area contributed by atoms with E-state index < -0.39 is 0 Å². The molecule has 0 spiro atoms. The van der Waals surface area contributed by atoms with Crippen LogP contribution in [0.1, 0.15) is 36.1 Å². The Balaban J connectivity index is 2.95. The molecule has 1 rings (SSSR count). The Kier molecular flexibility index (Phi) is 4.39. The molecule has 1 aromatic carbocycles. The first kappa shape index (κ1) is 12.8. The zero-order valence-corrected chi connectivity index (χ0v) is 12.0. The fourth-order valence-electron chi connectivity index (χ4n) is 2.02. The van der Waals surface area contributed by atoms with Gasteiger partial charge in [0.2, 0.25) is 0 Å². The fourth-order valence-corrected chi connectivity index (χ4v) is 2.20. The van der Waals surface area contributed by atoms with Crippen LogP contribution < -0.4 is 0 Å². The highest BCUT2D eigenvalue weighted by Gasteiger charge is 2.12. The first-order valence-electron chi connectivity index (χ1n) is 5.62. The lowest BCUT2D eigenvalue weighted by atomic mass is 9.91. The van der Waals surface area contributed by atoms with E-state index in [1.165, 1.54) is 28.7 Å². The van der Waals surface area contributed by atoms with Crippen LogP contribution in [0.25, 0.3) is 0 Å². The van der Waals surface area contributed by atoms with Gasteiger partial charge in [-0.2, -0.15) is 0 Å². The summed E-state index contributed by atoms with van der Waals surface area (Å²) in [5, 5.41) is 0. The third-order valence-corrected chi connectivity index (χ3v) is 4.05. The van der Waals surface area contributed by atoms with Crippen LogP contribution in [0.15, 0.2) is 12.1 Å². The monoisotopic (exact) mass is 268 g/mol. The number of halogens is 1. The van der Waals surface area contributed by atoms with Crippen molar-refractivity contribution in [3.8, 4) is 0 Å². The normalized spacial score (nSPS) is 15.1. The van der Waals surface area contributed by atoms with Crippen molar-refractivity contribution in [2.24, 2.45) is 5.92 Å². The zero-order valence-electron chi connectivity index (χ0n) is 10.4. The standard InChI is InChI=1S/C14H21Br/c1-9-6-11(3)14(12(4)7-9)8-10(2)13(5)15/h6-7,10,13H,8H2,1-5H3. The van der Waals surface area contributed by atoms with Crippen molar-refractivity contribution >= 4 is 15.9 Å². The van der Waals surface area contributed by atoms with Crippen LogP contribution in [0.3, 0.4) is 0 Å². The smallest absolute Gasteiger partial charge is 0.0146 e. The molecular weight excluding hydrogens is 248 g/mol. The Labute approximate surface area is 102 Å². The van der Waals surface area contributed by atoms with E-state index in [0.717, 1.165) is 0 Å². The van der Waals surface area contributed by atoms with Crippen LogP contribution in [-0.4, -0.2) is 4.83 Å². The van der Waals surface area contributed by atoms with E-state index >= 15 is 0 Å². The lowest BCUT2D eigenvalue weighted by molar-refractivity contribution is 0.578. The van der Waals surface area contributed by atoms with Crippen molar-refractivity contribution in [3.05, 3.63) is 34.4 Å². The number of aryl methyl sites for hydroxylation is 3. The minimum absolute atomic E-state index is 0.581. The Hall–Kier alpha value is -0.300. The quantitative estimate of drug-likeness (QED) is 0.705. The molecule has 0 aliphatic carbocycles. The van der Waals surface area contributed by atoms with Gasteiger partial charge >= 0.3 is 0 Å². The number of rotatable bonds is 3. The molecular formula is C14H21Br. The molecule has 1 aromatic rings. The van der Waals surface area contributed by atoms with Gasteiger partial charge in [0.25, 0.3) is 0 Å². The number of alkyl halides is 1. The highest BCUT2D eigenvalue weighted by atomic mass is 79.9. The average Bonchev–Trinajstić information content (AvgIpc) is 2.10. The summed E-state index contributed by atoms with van der Waals surface area (Å²) >= 11 is 3.66. The molecule has 0 saturated heterocycles. The number of hydrogen-bond acceptors (Lipinski definition) is 0.